The van der Waals surface area contributed by atoms with Crippen molar-refractivity contribution in [2.75, 3.05) is 24.5 Å². The summed E-state index contributed by atoms with van der Waals surface area (Å²) in [5.41, 5.74) is -0.905. The second-order valence-corrected chi connectivity index (χ2v) is 7.16. The third-order valence-electron chi connectivity index (χ3n) is 5.20. The smallest absolute Gasteiger partial charge is 0.355 e. The predicted molar refractivity (Wildman–Crippen MR) is 88.5 cm³/mol. The van der Waals surface area contributed by atoms with Gasteiger partial charge in [0, 0.05) is 32.4 Å². The van der Waals surface area contributed by atoms with E-state index in [9.17, 15) is 26.7 Å². The highest BCUT2D eigenvalue weighted by molar-refractivity contribution is 5.73. The van der Waals surface area contributed by atoms with Gasteiger partial charge in [0.2, 0.25) is 6.43 Å². The van der Waals surface area contributed by atoms with E-state index in [0.29, 0.717) is 5.82 Å². The number of rotatable bonds is 7. The summed E-state index contributed by atoms with van der Waals surface area (Å²) >= 11 is 0. The molecular weight excluding hydrogens is 371 g/mol. The van der Waals surface area contributed by atoms with Crippen LogP contribution in [0.4, 0.5) is 32.6 Å². The quantitative estimate of drug-likeness (QED) is 0.700. The molecule has 1 saturated heterocycles. The van der Waals surface area contributed by atoms with Gasteiger partial charge in [-0.25, -0.2) is 18.6 Å². The van der Waals surface area contributed by atoms with Crippen LogP contribution in [0, 0.1) is 11.3 Å². The van der Waals surface area contributed by atoms with Gasteiger partial charge in [0.15, 0.2) is 0 Å². The van der Waals surface area contributed by atoms with Crippen molar-refractivity contribution in [3.63, 3.8) is 0 Å². The van der Waals surface area contributed by atoms with Crippen LogP contribution in [0.5, 0.6) is 0 Å². The molecule has 2 fully saturated rings. The third-order valence-corrected chi connectivity index (χ3v) is 5.20. The fourth-order valence-electron chi connectivity index (χ4n) is 3.09. The van der Waals surface area contributed by atoms with Crippen LogP contribution in [0.15, 0.2) is 18.3 Å². The topological polar surface area (TPSA) is 57.3 Å². The maximum atomic E-state index is 12.8. The lowest BCUT2D eigenvalue weighted by Crippen LogP contribution is -2.50. The first-order valence-electron chi connectivity index (χ1n) is 8.77. The molecule has 3 rings (SSSR count). The predicted octanol–water partition coefficient (Wildman–Crippen LogP) is 3.31. The Kier molecular flexibility index (Phi) is 5.43. The minimum Gasteiger partial charge on any atom is -0.355 e. The van der Waals surface area contributed by atoms with Crippen molar-refractivity contribution in [3.05, 3.63) is 23.9 Å². The van der Waals surface area contributed by atoms with Crippen LogP contribution < -0.4 is 15.5 Å². The van der Waals surface area contributed by atoms with Gasteiger partial charge in [0.25, 0.3) is 0 Å². The molecule has 150 valence electrons. The van der Waals surface area contributed by atoms with Crippen molar-refractivity contribution >= 4 is 11.8 Å². The number of urea groups is 1. The maximum absolute atomic E-state index is 12.8. The van der Waals surface area contributed by atoms with E-state index in [1.54, 1.807) is 17.0 Å². The summed E-state index contributed by atoms with van der Waals surface area (Å²) in [6, 6.07) is 2.83. The summed E-state index contributed by atoms with van der Waals surface area (Å²) in [6.07, 6.45) is -4.94. The van der Waals surface area contributed by atoms with Crippen LogP contribution in [0.25, 0.3) is 0 Å². The number of aromatic nitrogens is 1. The van der Waals surface area contributed by atoms with Crippen LogP contribution in [0.3, 0.4) is 0 Å². The standard InChI is InChI=1S/C17H21F5N4O/c18-14(19)12-9-26(10-12)13-7-11(1-5-23-13)8-25-15(27)24-6-4-16(2-3-16)17(20,21)22/h1,5,7,12,14H,2-4,6,8-10H2,(H2,24,25,27). The van der Waals surface area contributed by atoms with Crippen molar-refractivity contribution in [2.45, 2.75) is 38.4 Å². The molecule has 1 saturated carbocycles. The van der Waals surface area contributed by atoms with E-state index in [2.05, 4.69) is 15.6 Å². The van der Waals surface area contributed by atoms with Gasteiger partial charge >= 0.3 is 12.2 Å². The Labute approximate surface area is 153 Å². The fourth-order valence-corrected chi connectivity index (χ4v) is 3.09. The molecular formula is C17H21F5N4O. The number of alkyl halides is 5. The molecule has 1 aliphatic carbocycles. The van der Waals surface area contributed by atoms with Gasteiger partial charge in [-0.15, -0.1) is 0 Å². The first kappa shape index (κ1) is 19.6. The van der Waals surface area contributed by atoms with Gasteiger partial charge in [-0.05, 0) is 37.0 Å². The first-order chi connectivity index (χ1) is 12.7. The molecule has 1 aromatic rings. The molecule has 0 atom stereocenters. The number of halogens is 5. The summed E-state index contributed by atoms with van der Waals surface area (Å²) in [6.45, 7) is 0.597. The molecule has 27 heavy (non-hydrogen) atoms. The largest absolute Gasteiger partial charge is 0.394 e. The Bertz CT molecular complexity index is 672. The summed E-state index contributed by atoms with van der Waals surface area (Å²) in [5.74, 6) is -0.0849. The van der Waals surface area contributed by atoms with Crippen LogP contribution in [0.1, 0.15) is 24.8 Å². The van der Waals surface area contributed by atoms with E-state index in [-0.39, 0.29) is 45.4 Å². The minimum atomic E-state index is -4.22. The molecule has 5 nitrogen and oxygen atoms in total. The van der Waals surface area contributed by atoms with Crippen molar-refractivity contribution in [3.8, 4) is 0 Å². The van der Waals surface area contributed by atoms with Gasteiger partial charge in [-0.1, -0.05) is 0 Å². The second-order valence-electron chi connectivity index (χ2n) is 7.16. The zero-order valence-corrected chi connectivity index (χ0v) is 14.5. The molecule has 10 heteroatoms. The number of hydrogen-bond donors (Lipinski definition) is 2. The molecule has 0 bridgehead atoms. The van der Waals surface area contributed by atoms with E-state index in [1.807, 2.05) is 0 Å². The maximum Gasteiger partial charge on any atom is 0.394 e. The number of amides is 2. The molecule has 2 aliphatic rings. The van der Waals surface area contributed by atoms with E-state index >= 15 is 0 Å². The van der Waals surface area contributed by atoms with Crippen molar-refractivity contribution in [1.29, 1.82) is 0 Å². The highest BCUT2D eigenvalue weighted by atomic mass is 19.4. The summed E-state index contributed by atoms with van der Waals surface area (Å²) in [7, 11) is 0. The second kappa shape index (κ2) is 7.47. The Morgan fingerprint density at radius 3 is 2.59 bits per heavy atom. The lowest BCUT2D eigenvalue weighted by atomic mass is 10.0. The van der Waals surface area contributed by atoms with E-state index in [1.165, 1.54) is 6.20 Å². The van der Waals surface area contributed by atoms with E-state index in [4.69, 9.17) is 0 Å². The third kappa shape index (κ3) is 4.59. The lowest BCUT2D eigenvalue weighted by Gasteiger charge is -2.39. The number of carbonyl (C=O) groups excluding carboxylic acids is 1. The molecule has 0 radical (unpaired) electrons. The summed E-state index contributed by atoms with van der Waals surface area (Å²) in [4.78, 5) is 17.6. The average molecular weight is 392 g/mol. The van der Waals surface area contributed by atoms with Crippen LogP contribution in [-0.4, -0.2) is 43.3 Å². The zero-order valence-electron chi connectivity index (χ0n) is 14.5. The Morgan fingerprint density at radius 2 is 2.00 bits per heavy atom. The Morgan fingerprint density at radius 1 is 1.30 bits per heavy atom. The first-order valence-corrected chi connectivity index (χ1v) is 8.77. The summed E-state index contributed by atoms with van der Waals surface area (Å²) < 4.78 is 63.5. The normalized spacial score (nSPS) is 19.0. The van der Waals surface area contributed by atoms with Gasteiger partial charge in [0.05, 0.1) is 11.3 Å². The van der Waals surface area contributed by atoms with Crippen LogP contribution in [0.2, 0.25) is 0 Å². The van der Waals surface area contributed by atoms with E-state index in [0.717, 1.165) is 5.56 Å². The molecule has 1 aliphatic heterocycles. The number of pyridine rings is 1. The number of nitrogens with one attached hydrogen (secondary N) is 2. The molecule has 0 unspecified atom stereocenters. The number of anilines is 1. The fraction of sp³-hybridized carbons (Fsp3) is 0.647. The van der Waals surface area contributed by atoms with Crippen LogP contribution >= 0.6 is 0 Å². The molecule has 1 aromatic heterocycles. The minimum absolute atomic E-state index is 0.0459. The molecule has 0 spiro atoms. The highest BCUT2D eigenvalue weighted by Gasteiger charge is 2.62. The van der Waals surface area contributed by atoms with Gasteiger partial charge in [-0.3, -0.25) is 0 Å². The SMILES string of the molecule is O=C(NCCC1(C(F)(F)F)CC1)NCc1ccnc(N2CC(C(F)F)C2)c1. The van der Waals surface area contributed by atoms with Gasteiger partial charge in [0.1, 0.15) is 5.82 Å². The average Bonchev–Trinajstić information content (AvgIpc) is 3.32. The lowest BCUT2D eigenvalue weighted by molar-refractivity contribution is -0.188. The molecule has 2 amide bonds. The van der Waals surface area contributed by atoms with Gasteiger partial charge in [-0.2, -0.15) is 13.2 Å². The van der Waals surface area contributed by atoms with Crippen molar-refractivity contribution in [1.82, 2.24) is 15.6 Å². The molecule has 2 heterocycles. The van der Waals surface area contributed by atoms with Crippen molar-refractivity contribution < 1.29 is 26.7 Å². The number of carbonyl (C=O) groups is 1. The zero-order chi connectivity index (χ0) is 19.7. The van der Waals surface area contributed by atoms with Crippen LogP contribution in [-0.2, 0) is 6.54 Å². The molecule has 2 N–H and O–H groups in total. The molecule has 0 aromatic carbocycles. The Balaban J connectivity index is 1.40. The van der Waals surface area contributed by atoms with Crippen molar-refractivity contribution in [2.24, 2.45) is 11.3 Å². The highest BCUT2D eigenvalue weighted by Crippen LogP contribution is 2.59. The van der Waals surface area contributed by atoms with E-state index < -0.39 is 30.0 Å². The van der Waals surface area contributed by atoms with Gasteiger partial charge < -0.3 is 15.5 Å². The Hall–Kier alpha value is -2.13. The monoisotopic (exact) mass is 392 g/mol. The summed E-state index contributed by atoms with van der Waals surface area (Å²) in [5, 5.41) is 5.02. The number of hydrogen-bond acceptors (Lipinski definition) is 3. The number of nitrogens with zero attached hydrogens (tertiary/aromatic N) is 2.